The molecule has 1 aliphatic carbocycles. The van der Waals surface area contributed by atoms with E-state index in [1.165, 1.54) is 29.5 Å². The summed E-state index contributed by atoms with van der Waals surface area (Å²) in [7, 11) is 0. The summed E-state index contributed by atoms with van der Waals surface area (Å²) in [5.41, 5.74) is 7.57. The maximum Gasteiger partial charge on any atom is 0.184 e. The Kier molecular flexibility index (Phi) is 4.46. The molecule has 3 aromatic rings. The predicted octanol–water partition coefficient (Wildman–Crippen LogP) is 4.87. The molecule has 6 rings (SSSR count). The van der Waals surface area contributed by atoms with Crippen LogP contribution in [0.4, 0.5) is 5.69 Å². The Labute approximate surface area is 182 Å². The van der Waals surface area contributed by atoms with E-state index in [-0.39, 0.29) is 24.3 Å². The molecule has 2 atom stereocenters. The first-order valence-corrected chi connectivity index (χ1v) is 11.1. The number of carbonyl (C=O) groups is 1. The number of anilines is 1. The molecule has 4 nitrogen and oxygen atoms in total. The van der Waals surface area contributed by atoms with Crippen molar-refractivity contribution in [3.8, 4) is 0 Å². The number of ketones is 1. The van der Waals surface area contributed by atoms with Gasteiger partial charge in [0.1, 0.15) is 6.54 Å². The van der Waals surface area contributed by atoms with Crippen LogP contribution in [0.2, 0.25) is 0 Å². The Bertz CT molecular complexity index is 1180. The monoisotopic (exact) mass is 407 g/mol. The molecule has 2 N–H and O–H groups in total. The Morgan fingerprint density at radius 3 is 2.58 bits per heavy atom. The zero-order valence-corrected chi connectivity index (χ0v) is 17.3. The third-order valence-corrected chi connectivity index (χ3v) is 6.59. The Balaban J connectivity index is 1.47. The maximum atomic E-state index is 12.6. The van der Waals surface area contributed by atoms with E-state index in [0.717, 1.165) is 29.1 Å². The van der Waals surface area contributed by atoms with Crippen LogP contribution < -0.4 is 10.6 Å². The second-order valence-electron chi connectivity index (χ2n) is 8.76. The van der Waals surface area contributed by atoms with Crippen molar-refractivity contribution >= 4 is 17.2 Å². The van der Waals surface area contributed by atoms with Crippen molar-refractivity contribution < 1.29 is 4.79 Å². The fraction of sp³-hybridized carbons (Fsp3) is 0.259. The van der Waals surface area contributed by atoms with Gasteiger partial charge in [-0.3, -0.25) is 9.79 Å². The van der Waals surface area contributed by atoms with E-state index in [2.05, 4.69) is 65.2 Å². The van der Waals surface area contributed by atoms with Gasteiger partial charge in [0.25, 0.3) is 0 Å². The number of nitrogens with one attached hydrogen (secondary N) is 2. The zero-order valence-electron chi connectivity index (χ0n) is 17.3. The normalized spacial score (nSPS) is 21.8. The minimum atomic E-state index is 0.0463. The van der Waals surface area contributed by atoms with Gasteiger partial charge in [0.05, 0.1) is 17.7 Å². The number of carbonyl (C=O) groups excluding carboxylic acids is 1. The molecule has 0 amide bonds. The minimum Gasteiger partial charge on any atom is -0.377 e. The van der Waals surface area contributed by atoms with Crippen LogP contribution in [-0.4, -0.2) is 24.1 Å². The van der Waals surface area contributed by atoms with Crippen LogP contribution in [0.15, 0.2) is 77.8 Å². The van der Waals surface area contributed by atoms with Crippen LogP contribution in [0.25, 0.3) is 0 Å². The van der Waals surface area contributed by atoms with Gasteiger partial charge in [-0.1, -0.05) is 66.7 Å². The molecule has 0 saturated heterocycles. The summed E-state index contributed by atoms with van der Waals surface area (Å²) in [6.45, 7) is 1.12. The first kappa shape index (κ1) is 18.5. The highest BCUT2D eigenvalue weighted by Gasteiger charge is 2.39. The summed E-state index contributed by atoms with van der Waals surface area (Å²) < 4.78 is 0. The van der Waals surface area contributed by atoms with E-state index in [1.807, 2.05) is 18.2 Å². The van der Waals surface area contributed by atoms with E-state index >= 15 is 0 Å². The molecule has 2 unspecified atom stereocenters. The highest BCUT2D eigenvalue weighted by molar-refractivity contribution is 6.21. The van der Waals surface area contributed by atoms with Gasteiger partial charge in [-0.05, 0) is 35.6 Å². The van der Waals surface area contributed by atoms with Gasteiger partial charge in [0, 0.05) is 29.4 Å². The highest BCUT2D eigenvalue weighted by atomic mass is 16.1. The predicted molar refractivity (Wildman–Crippen MR) is 124 cm³/mol. The second kappa shape index (κ2) is 7.47. The van der Waals surface area contributed by atoms with Crippen molar-refractivity contribution in [3.63, 3.8) is 0 Å². The van der Waals surface area contributed by atoms with Gasteiger partial charge < -0.3 is 10.6 Å². The third-order valence-electron chi connectivity index (χ3n) is 6.59. The minimum absolute atomic E-state index is 0.0463. The molecule has 4 heteroatoms. The first-order chi connectivity index (χ1) is 15.3. The van der Waals surface area contributed by atoms with Gasteiger partial charge in [0.15, 0.2) is 5.78 Å². The molecule has 31 heavy (non-hydrogen) atoms. The fourth-order valence-electron chi connectivity index (χ4n) is 4.90. The van der Waals surface area contributed by atoms with Crippen LogP contribution in [0.3, 0.4) is 0 Å². The van der Waals surface area contributed by atoms with Gasteiger partial charge in [-0.2, -0.15) is 0 Å². The molecule has 1 saturated carbocycles. The van der Waals surface area contributed by atoms with Gasteiger partial charge >= 0.3 is 0 Å². The van der Waals surface area contributed by atoms with Crippen molar-refractivity contribution in [2.24, 2.45) is 4.99 Å². The summed E-state index contributed by atoms with van der Waals surface area (Å²) in [5.74, 6) is 0.145. The Morgan fingerprint density at radius 2 is 1.74 bits per heavy atom. The third kappa shape index (κ3) is 3.37. The lowest BCUT2D eigenvalue weighted by atomic mass is 9.75. The Hall–Kier alpha value is -3.24. The van der Waals surface area contributed by atoms with Crippen LogP contribution >= 0.6 is 0 Å². The topological polar surface area (TPSA) is 53.5 Å². The van der Waals surface area contributed by atoms with Gasteiger partial charge in [-0.25, -0.2) is 0 Å². The highest BCUT2D eigenvalue weighted by Crippen LogP contribution is 2.45. The molecule has 2 aliphatic heterocycles. The van der Waals surface area contributed by atoms with E-state index in [1.54, 1.807) is 0 Å². The van der Waals surface area contributed by atoms with Crippen LogP contribution in [0, 0.1) is 0 Å². The molecular formula is C27H25N3O. The van der Waals surface area contributed by atoms with E-state index in [0.29, 0.717) is 6.04 Å². The van der Waals surface area contributed by atoms with Crippen molar-refractivity contribution in [1.82, 2.24) is 5.32 Å². The SMILES string of the molecule is O=C1CN=C2c3c(cccc31)NC(c1ccccc1)C2c1cccc(CNC2CC2)c1. The standard InChI is InChI=1S/C27H25N3O/c31-23-16-29-27-24(19-9-4-6-17(14-19)15-28-20-12-13-20)26(18-7-2-1-3-8-18)30-22-11-5-10-21(23)25(22)27/h1-11,14,20,24,26,28,30H,12-13,15-16H2. The van der Waals surface area contributed by atoms with Gasteiger partial charge in [-0.15, -0.1) is 0 Å². The Morgan fingerprint density at radius 1 is 0.935 bits per heavy atom. The summed E-state index contributed by atoms with van der Waals surface area (Å²) in [5, 5.41) is 7.37. The molecule has 0 bridgehead atoms. The molecule has 0 spiro atoms. The quantitative estimate of drug-likeness (QED) is 0.634. The van der Waals surface area contributed by atoms with E-state index in [4.69, 9.17) is 4.99 Å². The number of rotatable bonds is 5. The summed E-state index contributed by atoms with van der Waals surface area (Å²) in [4.78, 5) is 17.4. The van der Waals surface area contributed by atoms with Crippen LogP contribution in [0.5, 0.6) is 0 Å². The van der Waals surface area contributed by atoms with Crippen LogP contribution in [-0.2, 0) is 6.54 Å². The molecule has 2 heterocycles. The van der Waals surface area contributed by atoms with Crippen LogP contribution in [0.1, 0.15) is 57.4 Å². The first-order valence-electron chi connectivity index (χ1n) is 11.1. The van der Waals surface area contributed by atoms with Crippen molar-refractivity contribution in [2.45, 2.75) is 37.4 Å². The zero-order chi connectivity index (χ0) is 20.8. The number of Topliss-reactive ketones (excluding diaryl/α,β-unsaturated/α-hetero) is 1. The molecule has 0 aromatic heterocycles. The molecular weight excluding hydrogens is 382 g/mol. The average Bonchev–Trinajstić information content (AvgIpc) is 3.65. The smallest absolute Gasteiger partial charge is 0.184 e. The lowest BCUT2D eigenvalue weighted by molar-refractivity contribution is 0.1000. The van der Waals surface area contributed by atoms with Gasteiger partial charge in [0.2, 0.25) is 0 Å². The summed E-state index contributed by atoms with van der Waals surface area (Å²) >= 11 is 0. The van der Waals surface area contributed by atoms with E-state index in [9.17, 15) is 4.79 Å². The van der Waals surface area contributed by atoms with Crippen molar-refractivity contribution in [2.75, 3.05) is 11.9 Å². The van der Waals surface area contributed by atoms with E-state index < -0.39 is 0 Å². The number of aliphatic imine (C=N–C) groups is 1. The largest absolute Gasteiger partial charge is 0.377 e. The fourth-order valence-corrected chi connectivity index (χ4v) is 4.90. The summed E-state index contributed by atoms with van der Waals surface area (Å²) in [6, 6.07) is 26.1. The average molecular weight is 408 g/mol. The molecule has 154 valence electrons. The number of benzene rings is 3. The number of hydrogen-bond acceptors (Lipinski definition) is 4. The second-order valence-corrected chi connectivity index (χ2v) is 8.76. The number of hydrogen-bond donors (Lipinski definition) is 2. The molecule has 3 aromatic carbocycles. The number of nitrogens with zero attached hydrogens (tertiary/aromatic N) is 1. The van der Waals surface area contributed by atoms with Crippen molar-refractivity contribution in [3.05, 3.63) is 101 Å². The lowest BCUT2D eigenvalue weighted by Crippen LogP contribution is -2.36. The summed E-state index contributed by atoms with van der Waals surface area (Å²) in [6.07, 6.45) is 2.57. The molecule has 0 radical (unpaired) electrons. The molecule has 1 fully saturated rings. The lowest BCUT2D eigenvalue weighted by Gasteiger charge is -2.38. The maximum absolute atomic E-state index is 12.6. The van der Waals surface area contributed by atoms with Crippen molar-refractivity contribution in [1.29, 1.82) is 0 Å². The molecule has 3 aliphatic rings.